The van der Waals surface area contributed by atoms with Gasteiger partial charge in [0, 0.05) is 11.5 Å². The topological polar surface area (TPSA) is 48.3 Å². The molecule has 26 heavy (non-hydrogen) atoms. The van der Waals surface area contributed by atoms with Gasteiger partial charge >= 0.3 is 5.97 Å². The summed E-state index contributed by atoms with van der Waals surface area (Å²) in [6.07, 6.45) is 0. The van der Waals surface area contributed by atoms with Crippen LogP contribution in [0.15, 0.2) is 41.2 Å². The van der Waals surface area contributed by atoms with E-state index in [4.69, 9.17) is 16.3 Å². The van der Waals surface area contributed by atoms with E-state index in [1.54, 1.807) is 0 Å². The highest BCUT2D eigenvalue weighted by Gasteiger charge is 2.24. The number of hydrogen-bond acceptors (Lipinski definition) is 3. The molecule has 0 saturated heterocycles. The number of esters is 1. The summed E-state index contributed by atoms with van der Waals surface area (Å²) in [6, 6.07) is 5.90. The van der Waals surface area contributed by atoms with Crippen LogP contribution in [0.1, 0.15) is 17.3 Å². The lowest BCUT2D eigenvalue weighted by Gasteiger charge is -2.17. The van der Waals surface area contributed by atoms with E-state index < -0.39 is 39.6 Å². The molecule has 0 unspecified atom stereocenters. The van der Waals surface area contributed by atoms with Gasteiger partial charge in [-0.1, -0.05) is 11.6 Å². The van der Waals surface area contributed by atoms with Gasteiger partial charge in [-0.3, -0.25) is 9.36 Å². The molecule has 1 heterocycles. The van der Waals surface area contributed by atoms with Gasteiger partial charge in [0.15, 0.2) is 0 Å². The molecule has 0 radical (unpaired) electrons. The van der Waals surface area contributed by atoms with E-state index in [0.717, 1.165) is 28.8 Å². The second kappa shape index (κ2) is 6.84. The number of benzene rings is 2. The fourth-order valence-electron chi connectivity index (χ4n) is 2.61. The quantitative estimate of drug-likeness (QED) is 0.503. The Morgan fingerprint density at radius 2 is 1.77 bits per heavy atom. The molecular weight excluding hydrogens is 371 g/mol. The normalized spacial score (nSPS) is 11.0. The Morgan fingerprint density at radius 3 is 2.42 bits per heavy atom. The largest absolute Gasteiger partial charge is 0.462 e. The third-order valence-corrected chi connectivity index (χ3v) is 4.06. The first kappa shape index (κ1) is 18.0. The first-order chi connectivity index (χ1) is 12.3. The van der Waals surface area contributed by atoms with Crippen molar-refractivity contribution in [1.29, 1.82) is 0 Å². The maximum atomic E-state index is 14.3. The lowest BCUT2D eigenvalue weighted by Crippen LogP contribution is -2.22. The van der Waals surface area contributed by atoms with Gasteiger partial charge in [0.25, 0.3) is 0 Å². The monoisotopic (exact) mass is 381 g/mol. The Balaban J connectivity index is 2.48. The predicted octanol–water partition coefficient (Wildman–Crippen LogP) is 4.24. The van der Waals surface area contributed by atoms with E-state index in [1.807, 2.05) is 0 Å². The first-order valence-corrected chi connectivity index (χ1v) is 7.89. The van der Waals surface area contributed by atoms with Gasteiger partial charge in [-0.05, 0) is 37.3 Å². The Bertz CT molecular complexity index is 1100. The lowest BCUT2D eigenvalue weighted by atomic mass is 10.1. The van der Waals surface area contributed by atoms with Gasteiger partial charge in [-0.2, -0.15) is 0 Å². The summed E-state index contributed by atoms with van der Waals surface area (Å²) < 4.78 is 47.1. The van der Waals surface area contributed by atoms with Crippen LogP contribution in [0, 0.1) is 17.5 Å². The molecule has 0 aliphatic heterocycles. The maximum Gasteiger partial charge on any atom is 0.345 e. The minimum atomic E-state index is -1.02. The molecule has 3 aromatic rings. The molecule has 8 heteroatoms. The first-order valence-electron chi connectivity index (χ1n) is 7.51. The third kappa shape index (κ3) is 2.94. The fraction of sp³-hybridized carbons (Fsp3) is 0.111. The molecule has 2 aromatic carbocycles. The summed E-state index contributed by atoms with van der Waals surface area (Å²) in [5.74, 6) is -3.54. The van der Waals surface area contributed by atoms with Gasteiger partial charge < -0.3 is 4.74 Å². The summed E-state index contributed by atoms with van der Waals surface area (Å²) in [7, 11) is 0. The standard InChI is InChI=1S/C18H11ClF3NO3/c1-2-26-18(25)15-16(24)11-7-9(20)3-5-13(11)23(17(15)19)14-6-4-10(21)8-12(14)22/h3-8H,2H2,1H3. The van der Waals surface area contributed by atoms with Crippen molar-refractivity contribution in [3.05, 3.63) is 74.8 Å². The van der Waals surface area contributed by atoms with Crippen molar-refractivity contribution in [3.63, 3.8) is 0 Å². The average Bonchev–Trinajstić information content (AvgIpc) is 2.57. The summed E-state index contributed by atoms with van der Waals surface area (Å²) in [5.41, 5.74) is -1.56. The van der Waals surface area contributed by atoms with E-state index in [9.17, 15) is 22.8 Å². The van der Waals surface area contributed by atoms with E-state index in [-0.39, 0.29) is 23.2 Å². The van der Waals surface area contributed by atoms with Crippen LogP contribution < -0.4 is 5.43 Å². The number of fused-ring (bicyclic) bond motifs is 1. The summed E-state index contributed by atoms with van der Waals surface area (Å²) >= 11 is 6.22. The van der Waals surface area contributed by atoms with Crippen LogP contribution in [-0.2, 0) is 4.74 Å². The highest BCUT2D eigenvalue weighted by molar-refractivity contribution is 6.33. The van der Waals surface area contributed by atoms with Crippen LogP contribution in [0.4, 0.5) is 13.2 Å². The van der Waals surface area contributed by atoms with Crippen molar-refractivity contribution in [1.82, 2.24) is 4.57 Å². The van der Waals surface area contributed by atoms with Crippen LogP contribution in [0.25, 0.3) is 16.6 Å². The van der Waals surface area contributed by atoms with Crippen LogP contribution in [-0.4, -0.2) is 17.1 Å². The molecule has 0 atom stereocenters. The number of aromatic nitrogens is 1. The SMILES string of the molecule is CCOC(=O)c1c(Cl)n(-c2ccc(F)cc2F)c2ccc(F)cc2c1=O. The molecule has 0 saturated carbocycles. The Hall–Kier alpha value is -2.80. The molecule has 0 amide bonds. The second-order valence-corrected chi connectivity index (χ2v) is 5.67. The van der Waals surface area contributed by atoms with Gasteiger partial charge in [-0.25, -0.2) is 18.0 Å². The molecule has 0 aliphatic carbocycles. The number of nitrogens with zero attached hydrogens (tertiary/aromatic N) is 1. The molecule has 134 valence electrons. The summed E-state index contributed by atoms with van der Waals surface area (Å²) in [4.78, 5) is 24.8. The minimum absolute atomic E-state index is 0.0271. The van der Waals surface area contributed by atoms with Crippen molar-refractivity contribution < 1.29 is 22.7 Å². The number of carbonyl (C=O) groups excluding carboxylic acids is 1. The number of carbonyl (C=O) groups is 1. The number of ether oxygens (including phenoxy) is 1. The molecule has 4 nitrogen and oxygen atoms in total. The molecular formula is C18H11ClF3NO3. The van der Waals surface area contributed by atoms with Crippen LogP contribution in [0.2, 0.25) is 5.15 Å². The third-order valence-electron chi connectivity index (χ3n) is 3.70. The van der Waals surface area contributed by atoms with E-state index in [0.29, 0.717) is 6.07 Å². The van der Waals surface area contributed by atoms with Crippen molar-refractivity contribution >= 4 is 28.5 Å². The molecule has 0 aliphatic rings. The number of rotatable bonds is 3. The number of halogens is 4. The van der Waals surface area contributed by atoms with Gasteiger partial charge in [0.2, 0.25) is 5.43 Å². The molecule has 0 N–H and O–H groups in total. The van der Waals surface area contributed by atoms with Crippen molar-refractivity contribution in [2.24, 2.45) is 0 Å². The number of hydrogen-bond donors (Lipinski definition) is 0. The summed E-state index contributed by atoms with van der Waals surface area (Å²) in [5, 5.41) is -0.612. The van der Waals surface area contributed by atoms with Gasteiger partial charge in [0.1, 0.15) is 28.2 Å². The number of pyridine rings is 1. The van der Waals surface area contributed by atoms with E-state index >= 15 is 0 Å². The highest BCUT2D eigenvalue weighted by atomic mass is 35.5. The minimum Gasteiger partial charge on any atom is -0.462 e. The molecule has 1 aromatic heterocycles. The molecule has 0 fully saturated rings. The average molecular weight is 382 g/mol. The summed E-state index contributed by atoms with van der Waals surface area (Å²) in [6.45, 7) is 1.51. The van der Waals surface area contributed by atoms with Gasteiger partial charge in [-0.15, -0.1) is 0 Å². The van der Waals surface area contributed by atoms with Gasteiger partial charge in [0.05, 0.1) is 17.8 Å². The fourth-order valence-corrected chi connectivity index (χ4v) is 2.95. The van der Waals surface area contributed by atoms with Crippen LogP contribution in [0.3, 0.4) is 0 Å². The molecule has 0 bridgehead atoms. The molecule has 3 rings (SSSR count). The zero-order valence-electron chi connectivity index (χ0n) is 13.4. The van der Waals surface area contributed by atoms with E-state index in [2.05, 4.69) is 0 Å². The van der Waals surface area contributed by atoms with Crippen molar-refractivity contribution in [2.45, 2.75) is 6.92 Å². The maximum absolute atomic E-state index is 14.3. The van der Waals surface area contributed by atoms with Crippen LogP contribution >= 0.6 is 11.6 Å². The second-order valence-electron chi connectivity index (χ2n) is 5.31. The lowest BCUT2D eigenvalue weighted by molar-refractivity contribution is 0.0524. The highest BCUT2D eigenvalue weighted by Crippen LogP contribution is 2.28. The predicted molar refractivity (Wildman–Crippen MR) is 90.4 cm³/mol. The zero-order chi connectivity index (χ0) is 19.0. The van der Waals surface area contributed by atoms with Crippen molar-refractivity contribution in [3.8, 4) is 5.69 Å². The zero-order valence-corrected chi connectivity index (χ0v) is 14.1. The smallest absolute Gasteiger partial charge is 0.345 e. The van der Waals surface area contributed by atoms with E-state index in [1.165, 1.54) is 13.0 Å². The Kier molecular flexibility index (Phi) is 4.73. The van der Waals surface area contributed by atoms with Crippen molar-refractivity contribution in [2.75, 3.05) is 6.61 Å². The molecule has 0 spiro atoms. The Morgan fingerprint density at radius 1 is 1.12 bits per heavy atom. The van der Waals surface area contributed by atoms with Crippen LogP contribution in [0.5, 0.6) is 0 Å². The Labute approximate surface area is 150 Å².